The van der Waals surface area contributed by atoms with E-state index in [4.69, 9.17) is 12.2 Å². The topological polar surface area (TPSA) is 24.1 Å². The van der Waals surface area contributed by atoms with Crippen LogP contribution in [0, 0.1) is 17.8 Å². The first kappa shape index (κ1) is 12.7. The van der Waals surface area contributed by atoms with Crippen LogP contribution >= 0.6 is 12.2 Å². The Bertz CT molecular complexity index is 321. The van der Waals surface area contributed by atoms with Gasteiger partial charge in [-0.25, -0.2) is 0 Å². The summed E-state index contributed by atoms with van der Waals surface area (Å²) >= 11 is 5.52. The van der Waals surface area contributed by atoms with Crippen LogP contribution in [0.25, 0.3) is 0 Å². The second-order valence-electron chi connectivity index (χ2n) is 8.03. The van der Waals surface area contributed by atoms with Crippen molar-refractivity contribution < 1.29 is 0 Å². The maximum absolute atomic E-state index is 5.52. The summed E-state index contributed by atoms with van der Waals surface area (Å²) in [5.41, 5.74) is 0.399. The number of rotatable bonds is 1. The van der Waals surface area contributed by atoms with Gasteiger partial charge in [0.05, 0.1) is 0 Å². The van der Waals surface area contributed by atoms with Gasteiger partial charge in [-0.05, 0) is 89.3 Å². The van der Waals surface area contributed by atoms with Crippen molar-refractivity contribution in [3.63, 3.8) is 0 Å². The van der Waals surface area contributed by atoms with Gasteiger partial charge in [0, 0.05) is 11.1 Å². The molecule has 0 aromatic carbocycles. The van der Waals surface area contributed by atoms with Gasteiger partial charge in [0.2, 0.25) is 0 Å². The molecule has 4 aliphatic carbocycles. The van der Waals surface area contributed by atoms with E-state index in [-0.39, 0.29) is 5.54 Å². The molecule has 102 valence electrons. The fourth-order valence-electron chi connectivity index (χ4n) is 4.88. The molecule has 2 nitrogen and oxygen atoms in total. The Morgan fingerprint density at radius 3 is 1.83 bits per heavy atom. The Labute approximate surface area is 116 Å². The third-order valence-electron chi connectivity index (χ3n) is 4.91. The number of hydrogen-bond donors (Lipinski definition) is 2. The maximum Gasteiger partial charge on any atom is 0.167 e. The summed E-state index contributed by atoms with van der Waals surface area (Å²) in [5, 5.41) is 7.98. The molecular weight excluding hydrogens is 240 g/mol. The lowest BCUT2D eigenvalue weighted by molar-refractivity contribution is -0.0103. The molecule has 0 spiro atoms. The molecule has 0 atom stereocenters. The number of nitrogens with one attached hydrogen (secondary N) is 2. The molecule has 4 fully saturated rings. The first-order valence-corrected chi connectivity index (χ1v) is 7.85. The van der Waals surface area contributed by atoms with Gasteiger partial charge in [0.1, 0.15) is 0 Å². The highest BCUT2D eigenvalue weighted by Crippen LogP contribution is 2.55. The van der Waals surface area contributed by atoms with Gasteiger partial charge in [-0.2, -0.15) is 0 Å². The minimum absolute atomic E-state index is 0.0619. The Hall–Kier alpha value is -0.310. The molecule has 0 aliphatic heterocycles. The lowest BCUT2D eigenvalue weighted by atomic mass is 9.53. The van der Waals surface area contributed by atoms with E-state index in [1.807, 2.05) is 0 Å². The standard InChI is InChI=1S/C15H26N2S/c1-14(2,3)16-13(18)17-15-7-10-4-11(8-15)6-12(5-10)9-15/h10-12H,4-9H2,1-3H3,(H2,16,17,18). The zero-order valence-corrected chi connectivity index (χ0v) is 12.7. The zero-order chi connectivity index (χ0) is 13.0. The zero-order valence-electron chi connectivity index (χ0n) is 11.9. The molecule has 0 unspecified atom stereocenters. The molecule has 4 saturated carbocycles. The predicted octanol–water partition coefficient (Wildman–Crippen LogP) is 3.22. The molecule has 4 rings (SSSR count). The molecular formula is C15H26N2S. The second-order valence-corrected chi connectivity index (χ2v) is 8.44. The smallest absolute Gasteiger partial charge is 0.167 e. The Kier molecular flexibility index (Phi) is 2.89. The van der Waals surface area contributed by atoms with Gasteiger partial charge in [-0.3, -0.25) is 0 Å². The van der Waals surface area contributed by atoms with Crippen molar-refractivity contribution in [1.29, 1.82) is 0 Å². The quantitative estimate of drug-likeness (QED) is 0.713. The molecule has 0 aromatic heterocycles. The van der Waals surface area contributed by atoms with Crippen LogP contribution in [0.1, 0.15) is 59.3 Å². The van der Waals surface area contributed by atoms with Crippen molar-refractivity contribution >= 4 is 17.3 Å². The molecule has 4 aliphatic rings. The summed E-state index contributed by atoms with van der Waals surface area (Å²) in [5.74, 6) is 2.92. The van der Waals surface area contributed by atoms with Crippen molar-refractivity contribution in [2.45, 2.75) is 70.4 Å². The Morgan fingerprint density at radius 2 is 1.44 bits per heavy atom. The first-order valence-electron chi connectivity index (χ1n) is 7.44. The summed E-state index contributed by atoms with van der Waals surface area (Å²) < 4.78 is 0. The van der Waals surface area contributed by atoms with E-state index in [1.54, 1.807) is 0 Å². The monoisotopic (exact) mass is 266 g/mol. The van der Waals surface area contributed by atoms with Crippen LogP contribution in [0.15, 0.2) is 0 Å². The third kappa shape index (κ3) is 2.52. The summed E-state index contributed by atoms with van der Waals surface area (Å²) in [6.07, 6.45) is 8.52. The van der Waals surface area contributed by atoms with Gasteiger partial charge in [0.15, 0.2) is 5.11 Å². The van der Waals surface area contributed by atoms with E-state index < -0.39 is 0 Å². The molecule has 4 bridgehead atoms. The van der Waals surface area contributed by atoms with E-state index in [1.165, 1.54) is 38.5 Å². The van der Waals surface area contributed by atoms with E-state index in [0.29, 0.717) is 5.54 Å². The fourth-order valence-corrected chi connectivity index (χ4v) is 5.40. The molecule has 0 saturated heterocycles. The summed E-state index contributed by atoms with van der Waals surface area (Å²) in [4.78, 5) is 0. The van der Waals surface area contributed by atoms with Crippen LogP contribution in [-0.4, -0.2) is 16.2 Å². The lowest BCUT2D eigenvalue weighted by Gasteiger charge is -2.57. The minimum Gasteiger partial charge on any atom is -0.358 e. The molecule has 0 radical (unpaired) electrons. The van der Waals surface area contributed by atoms with Crippen molar-refractivity contribution in [1.82, 2.24) is 10.6 Å². The largest absolute Gasteiger partial charge is 0.358 e. The number of thiocarbonyl (C=S) groups is 1. The van der Waals surface area contributed by atoms with Crippen LogP contribution in [0.2, 0.25) is 0 Å². The second kappa shape index (κ2) is 4.09. The highest BCUT2D eigenvalue weighted by Gasteiger charge is 2.51. The highest BCUT2D eigenvalue weighted by atomic mass is 32.1. The third-order valence-corrected chi connectivity index (χ3v) is 5.11. The van der Waals surface area contributed by atoms with Crippen molar-refractivity contribution in [2.24, 2.45) is 17.8 Å². The van der Waals surface area contributed by atoms with E-state index >= 15 is 0 Å². The summed E-state index contributed by atoms with van der Waals surface area (Å²) in [6, 6.07) is 0. The maximum atomic E-state index is 5.52. The van der Waals surface area contributed by atoms with Gasteiger partial charge in [0.25, 0.3) is 0 Å². The van der Waals surface area contributed by atoms with Gasteiger partial charge < -0.3 is 10.6 Å². The fraction of sp³-hybridized carbons (Fsp3) is 0.933. The average Bonchev–Trinajstić information content (AvgIpc) is 2.09. The van der Waals surface area contributed by atoms with E-state index in [2.05, 4.69) is 31.4 Å². The summed E-state index contributed by atoms with van der Waals surface area (Å²) in [6.45, 7) is 6.50. The van der Waals surface area contributed by atoms with Crippen molar-refractivity contribution in [3.8, 4) is 0 Å². The predicted molar refractivity (Wildman–Crippen MR) is 79.5 cm³/mol. The SMILES string of the molecule is CC(C)(C)NC(=S)NC12CC3CC(CC(C3)C1)C2. The van der Waals surface area contributed by atoms with Crippen molar-refractivity contribution in [2.75, 3.05) is 0 Å². The minimum atomic E-state index is 0.0619. The first-order chi connectivity index (χ1) is 8.34. The van der Waals surface area contributed by atoms with Crippen LogP contribution in [0.5, 0.6) is 0 Å². The molecule has 18 heavy (non-hydrogen) atoms. The molecule has 0 amide bonds. The van der Waals surface area contributed by atoms with Crippen LogP contribution < -0.4 is 10.6 Å². The molecule has 0 heterocycles. The molecule has 2 N–H and O–H groups in total. The average molecular weight is 266 g/mol. The Balaban J connectivity index is 1.67. The van der Waals surface area contributed by atoms with Crippen LogP contribution in [0.3, 0.4) is 0 Å². The van der Waals surface area contributed by atoms with Gasteiger partial charge in [-0.15, -0.1) is 0 Å². The van der Waals surface area contributed by atoms with Crippen molar-refractivity contribution in [3.05, 3.63) is 0 Å². The van der Waals surface area contributed by atoms with E-state index in [9.17, 15) is 0 Å². The van der Waals surface area contributed by atoms with Crippen LogP contribution in [0.4, 0.5) is 0 Å². The van der Waals surface area contributed by atoms with Gasteiger partial charge >= 0.3 is 0 Å². The highest BCUT2D eigenvalue weighted by molar-refractivity contribution is 7.80. The Morgan fingerprint density at radius 1 is 1.00 bits per heavy atom. The lowest BCUT2D eigenvalue weighted by Crippen LogP contribution is -2.62. The van der Waals surface area contributed by atoms with Crippen LogP contribution in [-0.2, 0) is 0 Å². The summed E-state index contributed by atoms with van der Waals surface area (Å²) in [7, 11) is 0. The molecule has 0 aromatic rings. The van der Waals surface area contributed by atoms with E-state index in [0.717, 1.165) is 22.9 Å². The number of hydrogen-bond acceptors (Lipinski definition) is 1. The normalized spacial score (nSPS) is 41.8. The van der Waals surface area contributed by atoms with Gasteiger partial charge in [-0.1, -0.05) is 0 Å². The molecule has 3 heteroatoms.